The number of rotatable bonds is 8. The molecular weight excluding hydrogens is 688 g/mol. The number of aryl methyl sites for hydroxylation is 1. The van der Waals surface area contributed by atoms with Gasteiger partial charge in [-0.3, -0.25) is 53.9 Å². The Hall–Kier alpha value is -6.02. The Labute approximate surface area is 310 Å². The molecule has 1 aromatic carbocycles. The maximum Gasteiger partial charge on any atom is 0.270 e. The normalized spacial score (nSPS) is 19.6. The zero-order valence-corrected chi connectivity index (χ0v) is 29.9. The van der Waals surface area contributed by atoms with E-state index in [4.69, 9.17) is 0 Å². The van der Waals surface area contributed by atoms with Crippen molar-refractivity contribution >= 4 is 51.8 Å². The summed E-state index contributed by atoms with van der Waals surface area (Å²) in [6, 6.07) is 11.6. The lowest BCUT2D eigenvalue weighted by molar-refractivity contribution is -0.136. The molecule has 3 aromatic heterocycles. The van der Waals surface area contributed by atoms with E-state index in [0.717, 1.165) is 64.4 Å². The van der Waals surface area contributed by atoms with E-state index in [1.807, 2.05) is 31.3 Å². The Kier molecular flexibility index (Phi) is 9.36. The lowest BCUT2D eigenvalue weighted by Gasteiger charge is -2.34. The quantitative estimate of drug-likeness (QED) is 0.229. The summed E-state index contributed by atoms with van der Waals surface area (Å²) in [5, 5.41) is 5.33. The molecule has 1 unspecified atom stereocenters. The Balaban J connectivity index is 0.826. The second-order valence-corrected chi connectivity index (χ2v) is 14.3. The van der Waals surface area contributed by atoms with Crippen LogP contribution in [0.1, 0.15) is 86.9 Å². The standard InChI is InChI=1S/C40H40N8O6/c1-2-24-18-32-33(44-36(24)50)17-23(20-41-32)22-46-13-9-25(10-14-46)26-3-6-31(42-21-26)37(51)43-27-11-15-47(16-12-27)28-4-5-29-30(19-28)40(54)48(39(29)53)34-7-8-35(49)45-38(34)52/h3-6,9,17-21,27,34H,2,7-8,10-16,22H2,1H3,(H,43,51)(H,44,50)(H,45,49,52). The van der Waals surface area contributed by atoms with Crippen LogP contribution in [-0.4, -0.2) is 92.6 Å². The smallest absolute Gasteiger partial charge is 0.270 e. The van der Waals surface area contributed by atoms with Crippen LogP contribution < -0.4 is 21.1 Å². The van der Waals surface area contributed by atoms with E-state index in [-0.39, 0.29) is 41.5 Å². The molecule has 0 saturated carbocycles. The fourth-order valence-electron chi connectivity index (χ4n) is 7.81. The fourth-order valence-corrected chi connectivity index (χ4v) is 7.81. The van der Waals surface area contributed by atoms with Gasteiger partial charge in [-0.15, -0.1) is 0 Å². The molecular formula is C40H40N8O6. The highest BCUT2D eigenvalue weighted by Crippen LogP contribution is 2.32. The maximum absolute atomic E-state index is 13.3. The third-order valence-electron chi connectivity index (χ3n) is 10.9. The number of hydrogen-bond donors (Lipinski definition) is 3. The molecule has 0 bridgehead atoms. The fraction of sp³-hybridized carbons (Fsp3) is 0.350. The van der Waals surface area contributed by atoms with Crippen molar-refractivity contribution in [3.8, 4) is 0 Å². The SMILES string of the molecule is CCc1cc2ncc(CN3CC=C(c4ccc(C(=O)NC5CCN(c6ccc7c(c6)C(=O)N(C6CCC(=O)NC6=O)C7=O)CC5)nc4)CC3)cc2[nH]c1=O. The number of aromatic amines is 1. The van der Waals surface area contributed by atoms with E-state index >= 15 is 0 Å². The summed E-state index contributed by atoms with van der Waals surface area (Å²) >= 11 is 0. The van der Waals surface area contributed by atoms with Gasteiger partial charge < -0.3 is 15.2 Å². The Morgan fingerprint density at radius 3 is 2.43 bits per heavy atom. The lowest BCUT2D eigenvalue weighted by atomic mass is 10.00. The van der Waals surface area contributed by atoms with E-state index in [2.05, 4.69) is 41.5 Å². The van der Waals surface area contributed by atoms with Crippen LogP contribution in [0, 0.1) is 0 Å². The van der Waals surface area contributed by atoms with E-state index in [1.165, 1.54) is 5.57 Å². The second-order valence-electron chi connectivity index (χ2n) is 14.3. The summed E-state index contributed by atoms with van der Waals surface area (Å²) < 4.78 is 0. The van der Waals surface area contributed by atoms with Gasteiger partial charge in [-0.05, 0) is 85.2 Å². The first-order valence-corrected chi connectivity index (χ1v) is 18.4. The number of benzene rings is 1. The molecule has 4 aliphatic heterocycles. The van der Waals surface area contributed by atoms with Crippen molar-refractivity contribution in [1.29, 1.82) is 0 Å². The molecule has 0 spiro atoms. The van der Waals surface area contributed by atoms with Crippen LogP contribution in [0.2, 0.25) is 0 Å². The summed E-state index contributed by atoms with van der Waals surface area (Å²) in [5.74, 6) is -2.34. The van der Waals surface area contributed by atoms with Crippen LogP contribution in [-0.2, 0) is 22.6 Å². The number of fused-ring (bicyclic) bond motifs is 2. The van der Waals surface area contributed by atoms with Gasteiger partial charge in [0.15, 0.2) is 0 Å². The zero-order chi connectivity index (χ0) is 37.5. The number of imide groups is 2. The number of pyridine rings is 3. The van der Waals surface area contributed by atoms with Crippen molar-refractivity contribution < 1.29 is 24.0 Å². The van der Waals surface area contributed by atoms with Crippen LogP contribution in [0.3, 0.4) is 0 Å². The number of H-pyrrole nitrogens is 1. The topological polar surface area (TPSA) is 178 Å². The van der Waals surface area contributed by atoms with Crippen molar-refractivity contribution in [2.24, 2.45) is 0 Å². The van der Waals surface area contributed by atoms with Crippen molar-refractivity contribution in [1.82, 2.24) is 35.4 Å². The largest absolute Gasteiger partial charge is 0.371 e. The van der Waals surface area contributed by atoms with Crippen LogP contribution in [0.4, 0.5) is 5.69 Å². The van der Waals surface area contributed by atoms with E-state index < -0.39 is 29.7 Å². The molecule has 7 heterocycles. The minimum atomic E-state index is -1.00. The third-order valence-corrected chi connectivity index (χ3v) is 10.9. The van der Waals surface area contributed by atoms with Crippen LogP contribution in [0.15, 0.2) is 65.7 Å². The highest BCUT2D eigenvalue weighted by atomic mass is 16.2. The van der Waals surface area contributed by atoms with Crippen LogP contribution in [0.25, 0.3) is 16.6 Å². The summed E-state index contributed by atoms with van der Waals surface area (Å²) in [6.45, 7) is 5.57. The highest BCUT2D eigenvalue weighted by molar-refractivity contribution is 6.23. The minimum absolute atomic E-state index is 0.0465. The Morgan fingerprint density at radius 2 is 1.70 bits per heavy atom. The monoisotopic (exact) mass is 728 g/mol. The van der Waals surface area contributed by atoms with Crippen molar-refractivity contribution in [3.63, 3.8) is 0 Å². The minimum Gasteiger partial charge on any atom is -0.371 e. The molecule has 1 atom stereocenters. The first-order chi connectivity index (χ1) is 26.1. The number of anilines is 1. The first-order valence-electron chi connectivity index (χ1n) is 18.4. The van der Waals surface area contributed by atoms with Gasteiger partial charge in [0.25, 0.3) is 23.3 Å². The van der Waals surface area contributed by atoms with Gasteiger partial charge in [0.05, 0.1) is 22.2 Å². The molecule has 276 valence electrons. The number of carbonyl (C=O) groups excluding carboxylic acids is 5. The number of carbonyl (C=O) groups is 5. The van der Waals surface area contributed by atoms with Crippen LogP contribution >= 0.6 is 0 Å². The molecule has 0 aliphatic carbocycles. The van der Waals surface area contributed by atoms with Gasteiger partial charge in [-0.2, -0.15) is 0 Å². The van der Waals surface area contributed by atoms with E-state index in [9.17, 15) is 28.8 Å². The van der Waals surface area contributed by atoms with E-state index in [0.29, 0.717) is 38.0 Å². The zero-order valence-electron chi connectivity index (χ0n) is 29.9. The van der Waals surface area contributed by atoms with Crippen LogP contribution in [0.5, 0.6) is 0 Å². The summed E-state index contributed by atoms with van der Waals surface area (Å²) in [5.41, 5.74) is 7.07. The lowest BCUT2D eigenvalue weighted by Crippen LogP contribution is -2.54. The summed E-state index contributed by atoms with van der Waals surface area (Å²) in [7, 11) is 0. The molecule has 54 heavy (non-hydrogen) atoms. The van der Waals surface area contributed by atoms with Crippen molar-refractivity contribution in [2.75, 3.05) is 31.1 Å². The molecule has 8 rings (SSSR count). The number of piperidine rings is 2. The van der Waals surface area contributed by atoms with Gasteiger partial charge in [0, 0.05) is 68.8 Å². The van der Waals surface area contributed by atoms with Gasteiger partial charge in [-0.25, -0.2) is 0 Å². The summed E-state index contributed by atoms with van der Waals surface area (Å²) in [6.07, 6.45) is 8.89. The number of nitrogens with zero attached hydrogens (tertiary/aromatic N) is 5. The number of nitrogens with one attached hydrogen (secondary N) is 3. The number of hydrogen-bond acceptors (Lipinski definition) is 10. The third kappa shape index (κ3) is 6.80. The van der Waals surface area contributed by atoms with Gasteiger partial charge >= 0.3 is 0 Å². The molecule has 2 fully saturated rings. The maximum atomic E-state index is 13.3. The molecule has 4 aliphatic rings. The molecule has 4 aromatic rings. The van der Waals surface area contributed by atoms with E-state index in [1.54, 1.807) is 30.5 Å². The van der Waals surface area contributed by atoms with Crippen molar-refractivity contribution in [3.05, 3.63) is 105 Å². The first kappa shape index (κ1) is 35.0. The molecule has 14 nitrogen and oxygen atoms in total. The molecule has 5 amide bonds. The predicted octanol–water partition coefficient (Wildman–Crippen LogP) is 2.97. The Bertz CT molecular complexity index is 2290. The highest BCUT2D eigenvalue weighted by Gasteiger charge is 2.44. The number of aromatic nitrogens is 3. The Morgan fingerprint density at radius 1 is 0.889 bits per heavy atom. The van der Waals surface area contributed by atoms with Gasteiger partial charge in [0.2, 0.25) is 11.8 Å². The molecule has 14 heteroatoms. The molecule has 2 saturated heterocycles. The predicted molar refractivity (Wildman–Crippen MR) is 200 cm³/mol. The number of amides is 5. The average Bonchev–Trinajstić information content (AvgIpc) is 3.43. The van der Waals surface area contributed by atoms with Crippen molar-refractivity contribution in [2.45, 2.75) is 64.1 Å². The van der Waals surface area contributed by atoms with Gasteiger partial charge in [0.1, 0.15) is 11.7 Å². The summed E-state index contributed by atoms with van der Waals surface area (Å²) in [4.78, 5) is 93.2. The average molecular weight is 729 g/mol. The second kappa shape index (κ2) is 14.4. The molecule has 0 radical (unpaired) electrons. The molecule has 3 N–H and O–H groups in total. The van der Waals surface area contributed by atoms with Gasteiger partial charge in [-0.1, -0.05) is 19.1 Å².